The number of hydrogen-bond acceptors (Lipinski definition) is 1. The van der Waals surface area contributed by atoms with Crippen LogP contribution in [-0.2, 0) is 5.41 Å². The van der Waals surface area contributed by atoms with Crippen LogP contribution in [0, 0.1) is 0 Å². The van der Waals surface area contributed by atoms with Crippen molar-refractivity contribution in [2.45, 2.75) is 26.2 Å². The van der Waals surface area contributed by atoms with Crippen molar-refractivity contribution < 1.29 is 0 Å². The SMILES string of the molecule is CC(C)(C)c1ccc(N[Si](c2ccccc2)(c2ccccc2)c2ccccc2)cc1. The zero-order valence-electron chi connectivity index (χ0n) is 18.0. The second-order valence-corrected chi connectivity index (χ2v) is 12.3. The fourth-order valence-corrected chi connectivity index (χ4v) is 8.16. The van der Waals surface area contributed by atoms with E-state index in [1.807, 2.05) is 0 Å². The Balaban J connectivity index is 1.91. The first-order valence-corrected chi connectivity index (χ1v) is 12.6. The zero-order valence-corrected chi connectivity index (χ0v) is 19.0. The van der Waals surface area contributed by atoms with Crippen LogP contribution in [0.1, 0.15) is 26.3 Å². The molecule has 0 unspecified atom stereocenters. The van der Waals surface area contributed by atoms with E-state index in [1.54, 1.807) is 0 Å². The average Bonchev–Trinajstić information content (AvgIpc) is 2.79. The Hall–Kier alpha value is -3.10. The first kappa shape index (κ1) is 20.2. The van der Waals surface area contributed by atoms with Crippen molar-refractivity contribution >= 4 is 29.5 Å². The molecule has 4 rings (SSSR count). The summed E-state index contributed by atoms with van der Waals surface area (Å²) in [6.45, 7) is 6.77. The van der Waals surface area contributed by atoms with Crippen molar-refractivity contribution in [3.63, 3.8) is 0 Å². The van der Waals surface area contributed by atoms with Gasteiger partial charge in [-0.1, -0.05) is 124 Å². The predicted octanol–water partition coefficient (Wildman–Crippen LogP) is 5.06. The molecule has 30 heavy (non-hydrogen) atoms. The Labute approximate surface area is 181 Å². The standard InChI is InChI=1S/C28H29NSi/c1-28(2,3)23-19-21-24(22-20-23)29-30(25-13-7-4-8-14-25,26-15-9-5-10-16-26)27-17-11-6-12-18-27/h4-22,29H,1-3H3. The Morgan fingerprint density at radius 2 is 0.867 bits per heavy atom. The van der Waals surface area contributed by atoms with E-state index in [9.17, 15) is 0 Å². The van der Waals surface area contributed by atoms with E-state index in [2.05, 4.69) is 141 Å². The Bertz CT molecular complexity index is 970. The monoisotopic (exact) mass is 407 g/mol. The minimum atomic E-state index is -2.48. The minimum absolute atomic E-state index is 0.144. The minimum Gasteiger partial charge on any atom is -0.400 e. The molecule has 150 valence electrons. The Morgan fingerprint density at radius 1 is 0.500 bits per heavy atom. The highest BCUT2D eigenvalue weighted by atomic mass is 28.3. The fourth-order valence-electron chi connectivity index (χ4n) is 4.05. The summed E-state index contributed by atoms with van der Waals surface area (Å²) < 4.78 is 0. The van der Waals surface area contributed by atoms with Crippen molar-refractivity contribution in [1.82, 2.24) is 0 Å². The van der Waals surface area contributed by atoms with Gasteiger partial charge in [0, 0.05) is 5.69 Å². The van der Waals surface area contributed by atoms with Gasteiger partial charge < -0.3 is 4.98 Å². The van der Waals surface area contributed by atoms with Crippen molar-refractivity contribution in [2.24, 2.45) is 0 Å². The number of rotatable bonds is 5. The van der Waals surface area contributed by atoms with Gasteiger partial charge in [-0.25, -0.2) is 0 Å². The number of benzene rings is 4. The molecule has 0 aliphatic carbocycles. The topological polar surface area (TPSA) is 12.0 Å². The van der Waals surface area contributed by atoms with Gasteiger partial charge in [0.05, 0.1) is 0 Å². The molecule has 4 aromatic carbocycles. The molecule has 1 N–H and O–H groups in total. The summed E-state index contributed by atoms with van der Waals surface area (Å²) in [6.07, 6.45) is 0. The molecule has 2 heteroatoms. The summed E-state index contributed by atoms with van der Waals surface area (Å²) in [4.78, 5) is 4.06. The van der Waals surface area contributed by atoms with Gasteiger partial charge in [-0.15, -0.1) is 0 Å². The zero-order chi connectivity index (χ0) is 21.0. The second-order valence-electron chi connectivity index (χ2n) is 8.80. The van der Waals surface area contributed by atoms with Gasteiger partial charge in [-0.05, 0) is 38.7 Å². The van der Waals surface area contributed by atoms with Crippen LogP contribution in [0.5, 0.6) is 0 Å². The maximum atomic E-state index is 4.06. The third kappa shape index (κ3) is 3.96. The Kier molecular flexibility index (Phi) is 5.60. The molecule has 0 atom stereocenters. The van der Waals surface area contributed by atoms with Gasteiger partial charge in [-0.3, -0.25) is 0 Å². The lowest BCUT2D eigenvalue weighted by Crippen LogP contribution is -2.72. The van der Waals surface area contributed by atoms with E-state index < -0.39 is 8.24 Å². The summed E-state index contributed by atoms with van der Waals surface area (Å²) >= 11 is 0. The van der Waals surface area contributed by atoms with E-state index in [0.717, 1.165) is 5.69 Å². The lowest BCUT2D eigenvalue weighted by Gasteiger charge is -2.35. The number of hydrogen-bond donors (Lipinski definition) is 1. The highest BCUT2D eigenvalue weighted by Gasteiger charge is 2.40. The first-order chi connectivity index (χ1) is 14.5. The summed E-state index contributed by atoms with van der Waals surface area (Å²) in [7, 11) is -2.48. The van der Waals surface area contributed by atoms with Gasteiger partial charge in [0.1, 0.15) is 0 Å². The molecule has 0 heterocycles. The number of nitrogens with one attached hydrogen (secondary N) is 1. The van der Waals surface area contributed by atoms with Crippen LogP contribution in [0.15, 0.2) is 115 Å². The van der Waals surface area contributed by atoms with E-state index in [4.69, 9.17) is 0 Å². The first-order valence-electron chi connectivity index (χ1n) is 10.6. The van der Waals surface area contributed by atoms with Crippen LogP contribution in [0.2, 0.25) is 0 Å². The average molecular weight is 408 g/mol. The maximum Gasteiger partial charge on any atom is 0.250 e. The third-order valence-electron chi connectivity index (χ3n) is 5.70. The third-order valence-corrected chi connectivity index (χ3v) is 9.96. The van der Waals surface area contributed by atoms with Crippen LogP contribution < -0.4 is 20.5 Å². The molecule has 4 aromatic rings. The van der Waals surface area contributed by atoms with Crippen LogP contribution in [0.4, 0.5) is 5.69 Å². The quantitative estimate of drug-likeness (QED) is 0.360. The van der Waals surface area contributed by atoms with E-state index in [1.165, 1.54) is 21.1 Å². The molecule has 0 aliphatic heterocycles. The molecule has 0 aromatic heterocycles. The molecular formula is C28H29NSi. The van der Waals surface area contributed by atoms with E-state index in [-0.39, 0.29) is 5.41 Å². The van der Waals surface area contributed by atoms with Gasteiger partial charge >= 0.3 is 0 Å². The van der Waals surface area contributed by atoms with Crippen molar-refractivity contribution in [3.8, 4) is 0 Å². The largest absolute Gasteiger partial charge is 0.400 e. The van der Waals surface area contributed by atoms with Gasteiger partial charge in [0.25, 0.3) is 8.24 Å². The highest BCUT2D eigenvalue weighted by Crippen LogP contribution is 2.24. The lowest BCUT2D eigenvalue weighted by molar-refractivity contribution is 0.590. The molecule has 1 nitrogen and oxygen atoms in total. The normalized spacial score (nSPS) is 11.8. The predicted molar refractivity (Wildman–Crippen MR) is 133 cm³/mol. The molecule has 0 spiro atoms. The van der Waals surface area contributed by atoms with Gasteiger partial charge in [0.15, 0.2) is 0 Å². The molecule has 0 saturated carbocycles. The van der Waals surface area contributed by atoms with Crippen LogP contribution >= 0.6 is 0 Å². The van der Waals surface area contributed by atoms with E-state index >= 15 is 0 Å². The molecule has 0 saturated heterocycles. The Morgan fingerprint density at radius 3 is 1.20 bits per heavy atom. The second kappa shape index (κ2) is 8.33. The van der Waals surface area contributed by atoms with Gasteiger partial charge in [-0.2, -0.15) is 0 Å². The number of anilines is 1. The van der Waals surface area contributed by atoms with Crippen LogP contribution in [0.25, 0.3) is 0 Å². The smallest absolute Gasteiger partial charge is 0.250 e. The van der Waals surface area contributed by atoms with Crippen LogP contribution in [-0.4, -0.2) is 8.24 Å². The summed E-state index contributed by atoms with van der Waals surface area (Å²) in [6, 6.07) is 41.7. The fraction of sp³-hybridized carbons (Fsp3) is 0.143. The van der Waals surface area contributed by atoms with E-state index in [0.29, 0.717) is 0 Å². The van der Waals surface area contributed by atoms with Crippen molar-refractivity contribution in [3.05, 3.63) is 121 Å². The van der Waals surface area contributed by atoms with Crippen LogP contribution in [0.3, 0.4) is 0 Å². The lowest BCUT2D eigenvalue weighted by atomic mass is 9.87. The summed E-state index contributed by atoms with van der Waals surface area (Å²) in [5, 5.41) is 4.05. The molecule has 0 radical (unpaired) electrons. The summed E-state index contributed by atoms with van der Waals surface area (Å²) in [5.74, 6) is 0. The molecule has 0 fully saturated rings. The van der Waals surface area contributed by atoms with Crippen molar-refractivity contribution in [1.29, 1.82) is 0 Å². The molecule has 0 amide bonds. The maximum absolute atomic E-state index is 4.06. The summed E-state index contributed by atoms with van der Waals surface area (Å²) in [5.41, 5.74) is 2.65. The molecular weight excluding hydrogens is 378 g/mol. The van der Waals surface area contributed by atoms with Crippen molar-refractivity contribution in [2.75, 3.05) is 4.98 Å². The molecule has 0 aliphatic rings. The highest BCUT2D eigenvalue weighted by molar-refractivity contribution is 7.13. The van der Waals surface area contributed by atoms with Gasteiger partial charge in [0.2, 0.25) is 0 Å². The molecule has 0 bridgehead atoms.